The van der Waals surface area contributed by atoms with Crippen LogP contribution in [0.15, 0.2) is 177 Å². The van der Waals surface area contributed by atoms with Crippen LogP contribution in [0.5, 0.6) is 17.2 Å². The summed E-state index contributed by atoms with van der Waals surface area (Å²) in [5.41, 5.74) is 5.80. The predicted molar refractivity (Wildman–Crippen MR) is 466 cm³/mol. The number of amides is 1. The topological polar surface area (TPSA) is 338 Å². The van der Waals surface area contributed by atoms with Gasteiger partial charge in [-0.3, -0.25) is 58.5 Å². The number of Topliss-reactive ketones (excluding diaryl/α,β-unsaturated/α-hetero) is 1. The molecule has 15 rings (SSSR count). The minimum atomic E-state index is -0.511. The highest BCUT2D eigenvalue weighted by molar-refractivity contribution is 8.02. The van der Waals surface area contributed by atoms with E-state index in [-0.39, 0.29) is 68.0 Å². The van der Waals surface area contributed by atoms with E-state index in [1.165, 1.54) is 0 Å². The Hall–Kier alpha value is -10.3. The van der Waals surface area contributed by atoms with Gasteiger partial charge in [0.15, 0.2) is 13.2 Å². The zero-order valence-corrected chi connectivity index (χ0v) is 72.4. The average molecular weight is 1720 g/mol. The van der Waals surface area contributed by atoms with Gasteiger partial charge in [0.05, 0.1) is 78.9 Å². The fourth-order valence-corrected chi connectivity index (χ4v) is 21.2. The van der Waals surface area contributed by atoms with Crippen molar-refractivity contribution in [1.82, 2.24) is 30.2 Å². The van der Waals surface area contributed by atoms with Crippen molar-refractivity contribution in [2.75, 3.05) is 66.5 Å². The van der Waals surface area contributed by atoms with E-state index in [1.807, 2.05) is 144 Å². The first-order chi connectivity index (χ1) is 58.2. The third-order valence-electron chi connectivity index (χ3n) is 21.0. The number of thioether (sulfide) groups is 5. The van der Waals surface area contributed by atoms with Crippen LogP contribution < -0.4 is 19.5 Å². The fraction of sp³-hybridized carbons (Fsp3) is 0.407. The van der Waals surface area contributed by atoms with E-state index in [9.17, 15) is 33.6 Å². The highest BCUT2D eigenvalue weighted by atomic mass is 32.2. The summed E-state index contributed by atoms with van der Waals surface area (Å²) in [5, 5.41) is 33.9. The standard InChI is InChI=1S/C19H22N2O4S.C19H21NO3S.C18H18N2O3S.C18H21NO4S.C17H16N2O2S/c1-3-24-18(23)19(8-4-9-19)26-16-7-10-21-15-6-5-13(11-14(15)16)25-12-17(22)20-2;1-3-23-18(22)19(8-4-9-19)24-17-7-10-20-16-6-5-14(11-13(2)21)12-15(16)17;1-2-22-17(21)18(7-3-8-18)24-16-6-10-20-15-5-4-13(12-14(15)16)23-11-9-19;1-2-22-17(21)18(7-3-8-18)24-16-6-9-19-15-5-4-13(12-14(15)16)23-11-10-20;1-2-21-16(20)17(7-3-8-17)22-15-6-9-19-14-5-4-12(11-18)10-13(14)15/h5-7,10-11H,3-4,8-9,12H2,1-2H3,(H,20,22);5-7,10,12H,3-4,8-9,11H2,1-2H3;4-6,10,12H,2-3,7-8,11H2,1H3;4-6,9,12,20H,2-3,7-8,10-11H2,1H3;4-6,9-10H,2-3,7-8H2,1H3. The van der Waals surface area contributed by atoms with Gasteiger partial charge in [0.25, 0.3) is 5.91 Å². The Labute approximate surface area is 719 Å². The molecule has 0 atom stereocenters. The summed E-state index contributed by atoms with van der Waals surface area (Å²) in [6, 6.07) is 41.8. The van der Waals surface area contributed by atoms with Crippen molar-refractivity contribution in [3.05, 3.63) is 163 Å². The molecule has 0 bridgehead atoms. The number of ketones is 1. The van der Waals surface area contributed by atoms with Gasteiger partial charge in [0.1, 0.15) is 59.4 Å². The lowest BCUT2D eigenvalue weighted by atomic mass is 9.84. The molecule has 5 aromatic carbocycles. The SMILES string of the molecule is CCOC(=O)C1(Sc2ccnc3ccc(C#N)cc23)CCC1.CCOC(=O)C1(Sc2ccnc3ccc(CC(C)=O)cc23)CCC1.CCOC(=O)C1(Sc2ccnc3ccc(OCC#N)cc23)CCC1.CCOC(=O)C1(Sc2ccnc3ccc(OCC(=O)NC)cc23)CCC1.CCOC(=O)C1(Sc2ccnc3ccc(OCCO)cc23)CCC1. The van der Waals surface area contributed by atoms with Crippen molar-refractivity contribution >= 4 is 155 Å². The lowest BCUT2D eigenvalue weighted by Crippen LogP contribution is -2.43. The molecule has 0 unspecified atom stereocenters. The van der Waals surface area contributed by atoms with Gasteiger partial charge in [0, 0.05) is 95.9 Å². The number of aromatic nitrogens is 5. The lowest BCUT2D eigenvalue weighted by Gasteiger charge is -2.38. The van der Waals surface area contributed by atoms with Crippen LogP contribution in [0.4, 0.5) is 0 Å². The van der Waals surface area contributed by atoms with Crippen molar-refractivity contribution < 1.29 is 76.6 Å². The van der Waals surface area contributed by atoms with E-state index in [1.54, 1.807) is 122 Å². The number of esters is 5. The van der Waals surface area contributed by atoms with Crippen LogP contribution in [0.1, 0.15) is 149 Å². The van der Waals surface area contributed by atoms with Crippen LogP contribution in [0, 0.1) is 22.7 Å². The summed E-state index contributed by atoms with van der Waals surface area (Å²) in [6.07, 6.45) is 22.7. The van der Waals surface area contributed by atoms with Crippen molar-refractivity contribution in [1.29, 1.82) is 10.5 Å². The number of fused-ring (bicyclic) bond motifs is 5. The van der Waals surface area contributed by atoms with Gasteiger partial charge in [-0.25, -0.2) is 0 Å². The Morgan fingerprint density at radius 1 is 0.408 bits per heavy atom. The number of aliphatic hydroxyl groups excluding tert-OH is 1. The monoisotopic (exact) mass is 1720 g/mol. The first-order valence-electron chi connectivity index (χ1n) is 40.4. The number of benzene rings is 5. The molecule has 120 heavy (non-hydrogen) atoms. The number of aliphatic hydroxyl groups is 1. The maximum absolute atomic E-state index is 12.4. The van der Waals surface area contributed by atoms with Crippen LogP contribution in [0.25, 0.3) is 54.5 Å². The first-order valence-corrected chi connectivity index (χ1v) is 44.5. The highest BCUT2D eigenvalue weighted by Gasteiger charge is 2.51. The minimum absolute atomic E-state index is 0.00100. The molecule has 0 spiro atoms. The van der Waals surface area contributed by atoms with Crippen LogP contribution in [-0.2, 0) is 63.7 Å². The van der Waals surface area contributed by atoms with Crippen molar-refractivity contribution in [2.24, 2.45) is 0 Å². The molecule has 5 aliphatic rings. The van der Waals surface area contributed by atoms with E-state index >= 15 is 0 Å². The number of rotatable bonds is 30. The largest absolute Gasteiger partial charge is 0.491 e. The van der Waals surface area contributed by atoms with E-state index in [2.05, 4.69) is 36.3 Å². The molecule has 5 heterocycles. The molecule has 0 aliphatic heterocycles. The normalized spacial score (nSPS) is 15.6. The molecular weight excluding hydrogens is 1620 g/mol. The van der Waals surface area contributed by atoms with Crippen molar-refractivity contribution in [3.8, 4) is 29.4 Å². The van der Waals surface area contributed by atoms with Gasteiger partial charge >= 0.3 is 29.8 Å². The average Bonchev–Trinajstić information content (AvgIpc) is 0.788. The van der Waals surface area contributed by atoms with Crippen LogP contribution in [0.2, 0.25) is 0 Å². The predicted octanol–water partition coefficient (Wildman–Crippen LogP) is 17.5. The zero-order chi connectivity index (χ0) is 85.3. The number of likely N-dealkylation sites (N-methyl/N-ethyl adjacent to an activating group) is 1. The number of nitrogens with zero attached hydrogens (tertiary/aromatic N) is 7. The summed E-state index contributed by atoms with van der Waals surface area (Å²) >= 11 is 7.80. The second-order valence-corrected chi connectivity index (χ2v) is 36.1. The van der Waals surface area contributed by atoms with Gasteiger partial charge in [-0.1, -0.05) is 6.07 Å². The molecule has 2 N–H and O–H groups in total. The van der Waals surface area contributed by atoms with Gasteiger partial charge in [-0.2, -0.15) is 10.5 Å². The Balaban J connectivity index is 0.000000147. The summed E-state index contributed by atoms with van der Waals surface area (Å²) in [5.74, 6) is 1.18. The number of ether oxygens (including phenoxy) is 8. The minimum Gasteiger partial charge on any atom is -0.491 e. The van der Waals surface area contributed by atoms with Crippen molar-refractivity contribution in [3.63, 3.8) is 0 Å². The number of hydrogen-bond donors (Lipinski definition) is 2. The summed E-state index contributed by atoms with van der Waals surface area (Å²) in [4.78, 5) is 112. The molecule has 5 aromatic heterocycles. The molecule has 5 fully saturated rings. The van der Waals surface area contributed by atoms with Crippen LogP contribution in [-0.4, -0.2) is 162 Å². The Kier molecular flexibility index (Phi) is 32.3. The second-order valence-electron chi connectivity index (χ2n) is 29.0. The number of pyridine rings is 5. The third kappa shape index (κ3) is 22.1. The summed E-state index contributed by atoms with van der Waals surface area (Å²) < 4.78 is 40.4. The molecule has 1 amide bonds. The van der Waals surface area contributed by atoms with Gasteiger partial charge in [0.2, 0.25) is 0 Å². The van der Waals surface area contributed by atoms with Crippen LogP contribution >= 0.6 is 58.8 Å². The molecule has 10 aromatic rings. The van der Waals surface area contributed by atoms with E-state index in [0.29, 0.717) is 62.3 Å². The summed E-state index contributed by atoms with van der Waals surface area (Å²) in [6.45, 7) is 12.9. The van der Waals surface area contributed by atoms with E-state index in [4.69, 9.17) is 53.5 Å². The third-order valence-corrected chi connectivity index (χ3v) is 28.7. The van der Waals surface area contributed by atoms with Crippen LogP contribution in [0.3, 0.4) is 0 Å². The molecule has 0 radical (unpaired) electrons. The second kappa shape index (κ2) is 42.8. The van der Waals surface area contributed by atoms with E-state index < -0.39 is 23.7 Å². The number of nitrogens with one attached hydrogen (secondary N) is 1. The van der Waals surface area contributed by atoms with E-state index in [0.717, 1.165) is 181 Å². The maximum Gasteiger partial charge on any atom is 0.322 e. The summed E-state index contributed by atoms with van der Waals surface area (Å²) in [7, 11) is 1.57. The molecule has 29 heteroatoms. The fourth-order valence-electron chi connectivity index (χ4n) is 13.9. The zero-order valence-electron chi connectivity index (χ0n) is 68.4. The molecule has 628 valence electrons. The number of hydrogen-bond acceptors (Lipinski definition) is 28. The lowest BCUT2D eigenvalue weighted by molar-refractivity contribution is -0.149. The number of carbonyl (C=O) groups is 7. The smallest absolute Gasteiger partial charge is 0.322 e. The highest BCUT2D eigenvalue weighted by Crippen LogP contribution is 2.55. The Bertz CT molecular complexity index is 5430. The molecule has 24 nitrogen and oxygen atoms in total. The Morgan fingerprint density at radius 2 is 0.708 bits per heavy atom. The molecule has 5 aliphatic carbocycles. The molecule has 0 saturated heterocycles. The molecular formula is C91H98N8O16S5. The van der Waals surface area contributed by atoms with Crippen molar-refractivity contribution in [2.45, 2.75) is 192 Å². The Morgan fingerprint density at radius 3 is 0.992 bits per heavy atom. The van der Waals surface area contributed by atoms with Gasteiger partial charge in [-0.15, -0.1) is 58.8 Å². The number of nitriles is 2. The maximum atomic E-state index is 12.4. The number of carbonyl (C=O) groups excluding carboxylic acids is 7. The van der Waals surface area contributed by atoms with Gasteiger partial charge < -0.3 is 48.3 Å². The first kappa shape index (κ1) is 90.5. The van der Waals surface area contributed by atoms with Gasteiger partial charge in [-0.05, 0) is 259 Å². The quantitative estimate of drug-likeness (QED) is 0.0312. The molecule has 5 saturated carbocycles.